The van der Waals surface area contributed by atoms with Crippen molar-refractivity contribution in [3.05, 3.63) is 33.4 Å². The fraction of sp³-hybridized carbons (Fsp3) is 0.529. The van der Waals surface area contributed by atoms with E-state index in [9.17, 15) is 4.79 Å². The summed E-state index contributed by atoms with van der Waals surface area (Å²) in [6.45, 7) is 6.99. The van der Waals surface area contributed by atoms with Crippen molar-refractivity contribution >= 4 is 34.2 Å². The van der Waals surface area contributed by atoms with Gasteiger partial charge in [-0.2, -0.15) is 5.10 Å². The zero-order valence-corrected chi connectivity index (χ0v) is 14.9. The van der Waals surface area contributed by atoms with Gasteiger partial charge in [0, 0.05) is 20.3 Å². The van der Waals surface area contributed by atoms with Gasteiger partial charge in [0.2, 0.25) is 0 Å². The number of carbonyl (C=O) groups excluding carboxylic acids is 1. The Morgan fingerprint density at radius 2 is 2.14 bits per heavy atom. The lowest BCUT2D eigenvalue weighted by molar-refractivity contribution is 0.0954. The normalized spacial score (nSPS) is 31.6. The Hall–Kier alpha value is -0.910. The van der Waals surface area contributed by atoms with Crippen molar-refractivity contribution in [2.75, 3.05) is 0 Å². The number of hydrogen-bond donors (Lipinski definition) is 1. The maximum Gasteiger partial charge on any atom is 0.271 e. The largest absolute Gasteiger partial charge is 0.271 e. The van der Waals surface area contributed by atoms with E-state index >= 15 is 0 Å². The average molecular weight is 396 g/mol. The molecule has 1 amide bonds. The van der Waals surface area contributed by atoms with E-state index in [4.69, 9.17) is 0 Å². The van der Waals surface area contributed by atoms with Crippen molar-refractivity contribution in [3.8, 4) is 0 Å². The van der Waals surface area contributed by atoms with Gasteiger partial charge in [-0.3, -0.25) is 4.79 Å². The average Bonchev–Trinajstić information content (AvgIpc) is 2.77. The summed E-state index contributed by atoms with van der Waals surface area (Å²) in [6, 6.07) is 7.57. The lowest BCUT2D eigenvalue weighted by Crippen LogP contribution is -2.34. The van der Waals surface area contributed by atoms with Crippen molar-refractivity contribution in [2.45, 2.75) is 40.0 Å². The number of hydrogen-bond acceptors (Lipinski definition) is 2. The lowest BCUT2D eigenvalue weighted by atomic mass is 9.70. The molecule has 0 aliphatic heterocycles. The van der Waals surface area contributed by atoms with E-state index in [-0.39, 0.29) is 11.3 Å². The summed E-state index contributed by atoms with van der Waals surface area (Å²) in [6.07, 6.45) is 3.49. The maximum absolute atomic E-state index is 12.2. The molecule has 2 fully saturated rings. The zero-order valence-electron chi connectivity index (χ0n) is 12.7. The molecule has 3 rings (SSSR count). The van der Waals surface area contributed by atoms with Crippen LogP contribution < -0.4 is 5.43 Å². The number of amides is 1. The molecule has 21 heavy (non-hydrogen) atoms. The van der Waals surface area contributed by atoms with E-state index in [1.807, 2.05) is 24.3 Å². The molecule has 2 aliphatic carbocycles. The van der Waals surface area contributed by atoms with E-state index in [0.29, 0.717) is 16.9 Å². The standard InChI is InChI=1S/C17H21IN2O/c1-16(2)12-7-8-17(16,3)14(10-12)19-20-15(21)11-5-4-6-13(18)9-11/h4-6,9,12H,7-8,10H2,1-3H3,(H,20,21)/b19-14+/t12-,17+/m0/s1. The molecule has 2 atom stereocenters. The van der Waals surface area contributed by atoms with Crippen LogP contribution in [0.3, 0.4) is 0 Å². The van der Waals surface area contributed by atoms with E-state index in [2.05, 4.69) is 53.9 Å². The molecule has 2 bridgehead atoms. The van der Waals surface area contributed by atoms with Crippen LogP contribution in [0.15, 0.2) is 29.4 Å². The Morgan fingerprint density at radius 1 is 1.38 bits per heavy atom. The number of benzene rings is 1. The molecular formula is C17H21IN2O. The van der Waals surface area contributed by atoms with Crippen LogP contribution in [0, 0.1) is 20.3 Å². The van der Waals surface area contributed by atoms with E-state index in [1.165, 1.54) is 18.6 Å². The van der Waals surface area contributed by atoms with E-state index in [1.54, 1.807) is 0 Å². The van der Waals surface area contributed by atoms with E-state index in [0.717, 1.165) is 9.99 Å². The third-order valence-corrected chi connectivity index (χ3v) is 6.56. The van der Waals surface area contributed by atoms with Crippen LogP contribution in [0.25, 0.3) is 0 Å². The second kappa shape index (κ2) is 5.07. The third kappa shape index (κ3) is 2.31. The van der Waals surface area contributed by atoms with Gasteiger partial charge in [-0.25, -0.2) is 5.43 Å². The molecule has 3 nitrogen and oxygen atoms in total. The van der Waals surface area contributed by atoms with Crippen molar-refractivity contribution in [2.24, 2.45) is 21.8 Å². The van der Waals surface area contributed by atoms with Crippen LogP contribution in [0.5, 0.6) is 0 Å². The molecule has 0 saturated heterocycles. The van der Waals surface area contributed by atoms with Gasteiger partial charge < -0.3 is 0 Å². The minimum Gasteiger partial charge on any atom is -0.267 e. The highest BCUT2D eigenvalue weighted by molar-refractivity contribution is 14.1. The van der Waals surface area contributed by atoms with Crippen molar-refractivity contribution in [1.82, 2.24) is 5.43 Å². The minimum absolute atomic E-state index is 0.120. The molecule has 1 aromatic rings. The number of nitrogens with zero attached hydrogens (tertiary/aromatic N) is 1. The Kier molecular flexibility index (Phi) is 3.62. The smallest absolute Gasteiger partial charge is 0.267 e. The summed E-state index contributed by atoms with van der Waals surface area (Å²) in [5, 5.41) is 4.49. The molecule has 1 aromatic carbocycles. The monoisotopic (exact) mass is 396 g/mol. The summed E-state index contributed by atoms with van der Waals surface area (Å²) in [7, 11) is 0. The third-order valence-electron chi connectivity index (χ3n) is 5.89. The molecule has 2 aliphatic rings. The van der Waals surface area contributed by atoms with Crippen LogP contribution in [-0.2, 0) is 0 Å². The van der Waals surface area contributed by atoms with Crippen LogP contribution >= 0.6 is 22.6 Å². The van der Waals surface area contributed by atoms with Crippen LogP contribution in [-0.4, -0.2) is 11.6 Å². The first-order chi connectivity index (χ1) is 9.84. The number of fused-ring (bicyclic) bond motifs is 2. The Labute approximate surface area is 139 Å². The van der Waals surface area contributed by atoms with Crippen LogP contribution in [0.1, 0.15) is 50.4 Å². The SMILES string of the molecule is CC1(C)[C@H]2CC[C@]1(C)/C(=N/NC(=O)c1cccc(I)c1)C2. The quantitative estimate of drug-likeness (QED) is 0.590. The van der Waals surface area contributed by atoms with Crippen molar-refractivity contribution in [1.29, 1.82) is 0 Å². The maximum atomic E-state index is 12.2. The predicted octanol–water partition coefficient (Wildman–Crippen LogP) is 4.22. The van der Waals surface area contributed by atoms with Gasteiger partial charge in [-0.15, -0.1) is 0 Å². The van der Waals surface area contributed by atoms with Crippen molar-refractivity contribution < 1.29 is 4.79 Å². The highest BCUT2D eigenvalue weighted by Crippen LogP contribution is 2.63. The number of halogens is 1. The minimum atomic E-state index is -0.120. The molecule has 0 aromatic heterocycles. The first-order valence-corrected chi connectivity index (χ1v) is 8.55. The van der Waals surface area contributed by atoms with Gasteiger partial charge in [-0.1, -0.05) is 26.8 Å². The Bertz CT molecular complexity index is 623. The molecule has 112 valence electrons. The predicted molar refractivity (Wildman–Crippen MR) is 93.3 cm³/mol. The fourth-order valence-electron chi connectivity index (χ4n) is 3.91. The summed E-state index contributed by atoms with van der Waals surface area (Å²) in [5.41, 5.74) is 5.02. The van der Waals surface area contributed by atoms with Gasteiger partial charge in [0.05, 0.1) is 0 Å². The summed E-state index contributed by atoms with van der Waals surface area (Å²) >= 11 is 2.21. The van der Waals surface area contributed by atoms with Crippen molar-refractivity contribution in [3.63, 3.8) is 0 Å². The zero-order chi connectivity index (χ0) is 15.3. The second-order valence-electron chi connectivity index (χ2n) is 7.00. The number of hydrazone groups is 1. The molecule has 0 spiro atoms. The lowest BCUT2D eigenvalue weighted by Gasteiger charge is -2.34. The highest BCUT2D eigenvalue weighted by atomic mass is 127. The topological polar surface area (TPSA) is 41.5 Å². The molecule has 1 N–H and O–H groups in total. The van der Waals surface area contributed by atoms with Gasteiger partial charge in [0.15, 0.2) is 0 Å². The summed E-state index contributed by atoms with van der Waals surface area (Å²) in [4.78, 5) is 12.2. The highest BCUT2D eigenvalue weighted by Gasteiger charge is 2.59. The van der Waals surface area contributed by atoms with E-state index < -0.39 is 0 Å². The van der Waals surface area contributed by atoms with Gasteiger partial charge in [0.1, 0.15) is 0 Å². The van der Waals surface area contributed by atoms with Crippen LogP contribution in [0.4, 0.5) is 0 Å². The molecule has 4 heteroatoms. The summed E-state index contributed by atoms with van der Waals surface area (Å²) in [5.74, 6) is 0.584. The van der Waals surface area contributed by atoms with Gasteiger partial charge in [0.25, 0.3) is 5.91 Å². The van der Waals surface area contributed by atoms with Gasteiger partial charge >= 0.3 is 0 Å². The number of nitrogens with one attached hydrogen (secondary N) is 1. The molecule has 0 heterocycles. The fourth-order valence-corrected chi connectivity index (χ4v) is 4.45. The molecule has 0 unspecified atom stereocenters. The molecular weight excluding hydrogens is 375 g/mol. The van der Waals surface area contributed by atoms with Gasteiger partial charge in [-0.05, 0) is 71.4 Å². The summed E-state index contributed by atoms with van der Waals surface area (Å²) < 4.78 is 1.06. The Balaban J connectivity index is 1.77. The second-order valence-corrected chi connectivity index (χ2v) is 8.25. The molecule has 0 radical (unpaired) electrons. The number of carbonyl (C=O) groups is 1. The molecule has 2 saturated carbocycles. The first kappa shape index (κ1) is 15.0. The number of rotatable bonds is 2. The van der Waals surface area contributed by atoms with Crippen LogP contribution in [0.2, 0.25) is 0 Å². The first-order valence-electron chi connectivity index (χ1n) is 7.47. The Morgan fingerprint density at radius 3 is 2.71 bits per heavy atom.